The van der Waals surface area contributed by atoms with Crippen LogP contribution in [0.1, 0.15) is 25.8 Å². The highest BCUT2D eigenvalue weighted by Gasteiger charge is 2.64. The molecule has 0 aliphatic carbocycles. The van der Waals surface area contributed by atoms with Gasteiger partial charge in [0.2, 0.25) is 0 Å². The van der Waals surface area contributed by atoms with Crippen molar-refractivity contribution in [1.82, 2.24) is 0 Å². The third kappa shape index (κ3) is 4.34. The Morgan fingerprint density at radius 2 is 1.83 bits per heavy atom. The van der Waals surface area contributed by atoms with Crippen LogP contribution in [0.4, 0.5) is 13.2 Å². The van der Waals surface area contributed by atoms with Crippen LogP contribution >= 0.6 is 0 Å². The largest absolute Gasteiger partial charge is 0.463 e. The van der Waals surface area contributed by atoms with Gasteiger partial charge in [-0.2, -0.15) is 13.2 Å². The summed E-state index contributed by atoms with van der Waals surface area (Å²) in [4.78, 5) is 12.2. The van der Waals surface area contributed by atoms with E-state index in [1.807, 2.05) is 0 Å². The summed E-state index contributed by atoms with van der Waals surface area (Å²) in [6, 6.07) is 6.75. The van der Waals surface area contributed by atoms with Crippen LogP contribution in [0.25, 0.3) is 0 Å². The third-order valence-corrected chi connectivity index (χ3v) is 3.37. The van der Waals surface area contributed by atoms with E-state index in [-0.39, 0.29) is 18.1 Å². The lowest BCUT2D eigenvalue weighted by atomic mass is 9.92. The van der Waals surface area contributed by atoms with Crippen LogP contribution < -0.4 is 0 Å². The monoisotopic (exact) mass is 330 g/mol. The summed E-state index contributed by atoms with van der Waals surface area (Å²) >= 11 is 0. The van der Waals surface area contributed by atoms with Crippen LogP contribution in [0.5, 0.6) is 0 Å². The zero-order valence-electron chi connectivity index (χ0n) is 13.4. The molecule has 0 bridgehead atoms. The van der Waals surface area contributed by atoms with Crippen molar-refractivity contribution in [2.75, 3.05) is 13.7 Å². The zero-order valence-corrected chi connectivity index (χ0v) is 13.4. The van der Waals surface area contributed by atoms with E-state index in [9.17, 15) is 18.0 Å². The van der Waals surface area contributed by atoms with Gasteiger partial charge in [0.1, 0.15) is 0 Å². The Bertz CT molecular complexity index is 540. The second-order valence-corrected chi connectivity index (χ2v) is 5.61. The first-order chi connectivity index (χ1) is 10.6. The molecule has 0 saturated heterocycles. The maximum atomic E-state index is 13.6. The Labute approximate surface area is 134 Å². The molecule has 0 fully saturated rings. The number of methoxy groups -OCH3 is 1. The average molecular weight is 330 g/mol. The molecule has 0 radical (unpaired) electrons. The lowest BCUT2D eigenvalue weighted by Crippen LogP contribution is -2.52. The van der Waals surface area contributed by atoms with Gasteiger partial charge >= 0.3 is 12.1 Å². The van der Waals surface area contributed by atoms with Crippen molar-refractivity contribution in [2.45, 2.75) is 32.0 Å². The van der Waals surface area contributed by atoms with Crippen molar-refractivity contribution in [3.63, 3.8) is 0 Å². The third-order valence-electron chi connectivity index (χ3n) is 3.37. The fourth-order valence-corrected chi connectivity index (χ4v) is 2.36. The Morgan fingerprint density at radius 3 is 2.26 bits per heavy atom. The molecule has 1 rings (SSSR count). The topological polar surface area (TPSA) is 35.5 Å². The lowest BCUT2D eigenvalue weighted by Gasteiger charge is -2.32. The Morgan fingerprint density at radius 1 is 1.26 bits per heavy atom. The molecule has 0 aliphatic heterocycles. The highest BCUT2D eigenvalue weighted by Crippen LogP contribution is 2.43. The molecule has 128 valence electrons. The maximum absolute atomic E-state index is 13.6. The number of benzene rings is 1. The second-order valence-electron chi connectivity index (χ2n) is 5.61. The van der Waals surface area contributed by atoms with E-state index in [1.54, 1.807) is 19.9 Å². The predicted molar refractivity (Wildman–Crippen MR) is 80.7 cm³/mol. The van der Waals surface area contributed by atoms with Gasteiger partial charge in [0, 0.05) is 12.7 Å². The first-order valence-corrected chi connectivity index (χ1v) is 7.14. The summed E-state index contributed by atoms with van der Waals surface area (Å²) in [7, 11) is 0.846. The van der Waals surface area contributed by atoms with E-state index in [1.165, 1.54) is 24.3 Å². The summed E-state index contributed by atoms with van der Waals surface area (Å²) in [6.45, 7) is 7.16. The Balaban J connectivity index is 3.06. The molecule has 0 amide bonds. The predicted octanol–water partition coefficient (Wildman–Crippen LogP) is 4.24. The minimum Gasteiger partial charge on any atom is -0.463 e. The minimum atomic E-state index is -4.95. The van der Waals surface area contributed by atoms with Gasteiger partial charge in [-0.3, -0.25) is 0 Å². The summed E-state index contributed by atoms with van der Waals surface area (Å²) < 4.78 is 50.4. The van der Waals surface area contributed by atoms with E-state index in [4.69, 9.17) is 4.74 Å². The zero-order chi connectivity index (χ0) is 17.7. The van der Waals surface area contributed by atoms with Crippen LogP contribution in [-0.4, -0.2) is 25.9 Å². The molecule has 0 unspecified atom stereocenters. The number of esters is 1. The summed E-state index contributed by atoms with van der Waals surface area (Å²) in [5, 5.41) is 0. The first kappa shape index (κ1) is 19.2. The van der Waals surface area contributed by atoms with Crippen LogP contribution in [-0.2, 0) is 19.9 Å². The van der Waals surface area contributed by atoms with Gasteiger partial charge < -0.3 is 9.47 Å². The Kier molecular flexibility index (Phi) is 6.38. The van der Waals surface area contributed by atoms with Crippen LogP contribution in [0.3, 0.4) is 0 Å². The molecule has 0 saturated carbocycles. The summed E-state index contributed by atoms with van der Waals surface area (Å²) in [5.41, 5.74) is -2.57. The van der Waals surface area contributed by atoms with Crippen molar-refractivity contribution in [3.8, 4) is 0 Å². The summed E-state index contributed by atoms with van der Waals surface area (Å²) in [5.74, 6) is -1.60. The summed E-state index contributed by atoms with van der Waals surface area (Å²) in [6.07, 6.45) is -4.39. The molecule has 1 aromatic carbocycles. The molecule has 23 heavy (non-hydrogen) atoms. The van der Waals surface area contributed by atoms with E-state index in [0.717, 1.165) is 12.7 Å². The molecule has 6 heteroatoms. The SMILES string of the molecule is C=C(C)C[C@@H](C)COC(=O)[C@@](OC)(c1ccccc1)C(F)(F)F. The molecule has 0 N–H and O–H groups in total. The second kappa shape index (κ2) is 7.64. The van der Waals surface area contributed by atoms with Crippen LogP contribution in [0.2, 0.25) is 0 Å². The van der Waals surface area contributed by atoms with Crippen molar-refractivity contribution in [3.05, 3.63) is 48.0 Å². The standard InChI is InChI=1S/C17H21F3O3/c1-12(2)10-13(3)11-23-15(21)16(22-4,17(18,19)20)14-8-6-5-7-9-14/h5-9,13H,1,10-11H2,2-4H3/t13-,16+/m1/s1. The van der Waals surface area contributed by atoms with Crippen molar-refractivity contribution < 1.29 is 27.4 Å². The Hall–Kier alpha value is -1.82. The number of allylic oxidation sites excluding steroid dienone is 1. The highest BCUT2D eigenvalue weighted by molar-refractivity contribution is 5.82. The number of ether oxygens (including phenoxy) is 2. The number of carbonyl (C=O) groups excluding carboxylic acids is 1. The fraction of sp³-hybridized carbons (Fsp3) is 0.471. The number of halogens is 3. The minimum absolute atomic E-state index is 0.130. The van der Waals surface area contributed by atoms with Gasteiger partial charge in [0.05, 0.1) is 6.61 Å². The highest BCUT2D eigenvalue weighted by atomic mass is 19.4. The smallest absolute Gasteiger partial charge is 0.432 e. The van der Waals surface area contributed by atoms with Gasteiger partial charge in [0.15, 0.2) is 0 Å². The molecule has 2 atom stereocenters. The molecule has 1 aromatic rings. The first-order valence-electron chi connectivity index (χ1n) is 7.14. The normalized spacial score (nSPS) is 15.6. The molecular weight excluding hydrogens is 309 g/mol. The van der Waals surface area contributed by atoms with E-state index in [0.29, 0.717) is 6.42 Å². The molecule has 0 aromatic heterocycles. The fourth-order valence-electron chi connectivity index (χ4n) is 2.36. The molecule has 3 nitrogen and oxygen atoms in total. The van der Waals surface area contributed by atoms with E-state index in [2.05, 4.69) is 11.3 Å². The number of carbonyl (C=O) groups is 1. The van der Waals surface area contributed by atoms with Crippen molar-refractivity contribution in [2.24, 2.45) is 5.92 Å². The molecular formula is C17H21F3O3. The molecule has 0 spiro atoms. The van der Waals surface area contributed by atoms with Crippen LogP contribution in [0.15, 0.2) is 42.5 Å². The number of rotatable bonds is 7. The van der Waals surface area contributed by atoms with Gasteiger partial charge in [-0.25, -0.2) is 4.79 Å². The van der Waals surface area contributed by atoms with E-state index < -0.39 is 17.7 Å². The van der Waals surface area contributed by atoms with Crippen LogP contribution in [0, 0.1) is 5.92 Å². The average Bonchev–Trinajstić information content (AvgIpc) is 2.45. The molecule has 0 aliphatic rings. The quantitative estimate of drug-likeness (QED) is 0.554. The van der Waals surface area contributed by atoms with Crippen molar-refractivity contribution in [1.29, 1.82) is 0 Å². The van der Waals surface area contributed by atoms with Gasteiger partial charge in [-0.1, -0.05) is 42.8 Å². The molecule has 0 heterocycles. The van der Waals surface area contributed by atoms with Gasteiger partial charge in [-0.05, 0) is 19.3 Å². The van der Waals surface area contributed by atoms with Crippen molar-refractivity contribution >= 4 is 5.97 Å². The maximum Gasteiger partial charge on any atom is 0.432 e. The number of hydrogen-bond acceptors (Lipinski definition) is 3. The van der Waals surface area contributed by atoms with E-state index >= 15 is 0 Å². The number of hydrogen-bond donors (Lipinski definition) is 0. The number of alkyl halides is 3. The van der Waals surface area contributed by atoms with Gasteiger partial charge in [0.25, 0.3) is 5.60 Å². The lowest BCUT2D eigenvalue weighted by molar-refractivity contribution is -0.276. The van der Waals surface area contributed by atoms with Gasteiger partial charge in [-0.15, -0.1) is 6.58 Å².